The van der Waals surface area contributed by atoms with Crippen molar-refractivity contribution < 1.29 is 23.2 Å². The normalized spacial score (nSPS) is 20.4. The Balaban J connectivity index is 2.35. The zero-order valence-electron chi connectivity index (χ0n) is 11.4. The summed E-state index contributed by atoms with van der Waals surface area (Å²) in [5.41, 5.74) is 0.164. The van der Waals surface area contributed by atoms with Crippen LogP contribution in [0.1, 0.15) is 5.56 Å². The van der Waals surface area contributed by atoms with Crippen molar-refractivity contribution in [3.8, 4) is 0 Å². The average Bonchev–Trinajstić information content (AvgIpc) is 2.47. The van der Waals surface area contributed by atoms with E-state index >= 15 is 0 Å². The van der Waals surface area contributed by atoms with Gasteiger partial charge in [0.05, 0.1) is 29.1 Å². The summed E-state index contributed by atoms with van der Waals surface area (Å²) in [6.45, 7) is 1.63. The van der Waals surface area contributed by atoms with Gasteiger partial charge in [-0.1, -0.05) is 6.07 Å². The van der Waals surface area contributed by atoms with Crippen molar-refractivity contribution in [1.29, 1.82) is 0 Å². The number of nitro groups is 1. The molecule has 9 heteroatoms. The first-order chi connectivity index (χ1) is 9.86. The van der Waals surface area contributed by atoms with Gasteiger partial charge >= 0.3 is 0 Å². The highest BCUT2D eigenvalue weighted by Gasteiger charge is 2.31. The molecule has 1 unspecified atom stereocenters. The van der Waals surface area contributed by atoms with Crippen LogP contribution in [0, 0.1) is 17.0 Å². The zero-order chi connectivity index (χ0) is 15.6. The monoisotopic (exact) mass is 316 g/mol. The summed E-state index contributed by atoms with van der Waals surface area (Å²) in [6.07, 6.45) is -0.575. The smallest absolute Gasteiger partial charge is 0.273 e. The molecule has 1 N–H and O–H groups in total. The van der Waals surface area contributed by atoms with Gasteiger partial charge in [0.2, 0.25) is 10.0 Å². The predicted octanol–water partition coefficient (Wildman–Crippen LogP) is 0.285. The molecule has 0 spiro atoms. The Hall–Kier alpha value is -1.55. The maximum atomic E-state index is 12.5. The van der Waals surface area contributed by atoms with Crippen molar-refractivity contribution >= 4 is 15.7 Å². The molecule has 0 aromatic heterocycles. The van der Waals surface area contributed by atoms with Crippen LogP contribution in [0.3, 0.4) is 0 Å². The van der Waals surface area contributed by atoms with Crippen molar-refractivity contribution in [2.24, 2.45) is 0 Å². The van der Waals surface area contributed by atoms with E-state index < -0.39 is 21.1 Å². The van der Waals surface area contributed by atoms with Crippen LogP contribution in [-0.2, 0) is 14.8 Å². The molecule has 1 saturated heterocycles. The van der Waals surface area contributed by atoms with Crippen LogP contribution in [0.4, 0.5) is 5.69 Å². The van der Waals surface area contributed by atoms with Gasteiger partial charge in [-0.25, -0.2) is 8.42 Å². The standard InChI is InChI=1S/C12H16N2O6S/c1-9-2-3-11(6-12(9)14(16)17)21(18,19)13-4-5-20-10(7-13)8-15/h2-3,6,10,15H,4-5,7-8H2,1H3. The Morgan fingerprint density at radius 2 is 2.24 bits per heavy atom. The molecule has 2 rings (SSSR count). The predicted molar refractivity (Wildman–Crippen MR) is 73.4 cm³/mol. The molecule has 1 aliphatic heterocycles. The molecule has 0 bridgehead atoms. The fourth-order valence-corrected chi connectivity index (χ4v) is 3.59. The fraction of sp³-hybridized carbons (Fsp3) is 0.500. The first kappa shape index (κ1) is 15.8. The Labute approximate surface area is 122 Å². The number of aliphatic hydroxyl groups excluding tert-OH is 1. The minimum atomic E-state index is -3.84. The summed E-state index contributed by atoms with van der Waals surface area (Å²) < 4.78 is 31.4. The van der Waals surface area contributed by atoms with Gasteiger partial charge in [0, 0.05) is 24.7 Å². The van der Waals surface area contributed by atoms with Gasteiger partial charge in [-0.3, -0.25) is 10.1 Å². The van der Waals surface area contributed by atoms with Gasteiger partial charge in [-0.15, -0.1) is 0 Å². The number of aryl methyl sites for hydroxylation is 1. The van der Waals surface area contributed by atoms with E-state index in [9.17, 15) is 18.5 Å². The van der Waals surface area contributed by atoms with Crippen molar-refractivity contribution in [3.05, 3.63) is 33.9 Å². The van der Waals surface area contributed by atoms with E-state index in [4.69, 9.17) is 9.84 Å². The van der Waals surface area contributed by atoms with Crippen molar-refractivity contribution in [1.82, 2.24) is 4.31 Å². The lowest BCUT2D eigenvalue weighted by Crippen LogP contribution is -2.46. The van der Waals surface area contributed by atoms with E-state index in [1.807, 2.05) is 0 Å². The number of morpholine rings is 1. The molecule has 0 radical (unpaired) electrons. The van der Waals surface area contributed by atoms with Crippen LogP contribution in [0.15, 0.2) is 23.1 Å². The third-order valence-corrected chi connectivity index (χ3v) is 5.18. The Bertz CT molecular complexity index is 645. The molecule has 21 heavy (non-hydrogen) atoms. The Morgan fingerprint density at radius 1 is 1.52 bits per heavy atom. The zero-order valence-corrected chi connectivity index (χ0v) is 12.2. The van der Waals surface area contributed by atoms with E-state index in [0.717, 1.165) is 6.07 Å². The van der Waals surface area contributed by atoms with Gasteiger partial charge in [0.1, 0.15) is 0 Å². The summed E-state index contributed by atoms with van der Waals surface area (Å²) in [5.74, 6) is 0. The number of sulfonamides is 1. The summed E-state index contributed by atoms with van der Waals surface area (Å²) in [6, 6.07) is 3.82. The quantitative estimate of drug-likeness (QED) is 0.631. The highest BCUT2D eigenvalue weighted by molar-refractivity contribution is 7.89. The van der Waals surface area contributed by atoms with Crippen molar-refractivity contribution in [2.75, 3.05) is 26.3 Å². The van der Waals surface area contributed by atoms with E-state index in [0.29, 0.717) is 5.56 Å². The number of hydrogen-bond acceptors (Lipinski definition) is 6. The molecule has 1 fully saturated rings. The Morgan fingerprint density at radius 3 is 2.86 bits per heavy atom. The number of hydrogen-bond donors (Lipinski definition) is 1. The molecule has 116 valence electrons. The van der Waals surface area contributed by atoms with E-state index in [1.165, 1.54) is 16.4 Å². The van der Waals surface area contributed by atoms with Gasteiger partial charge < -0.3 is 9.84 Å². The number of nitrogens with zero attached hydrogens (tertiary/aromatic N) is 2. The number of rotatable bonds is 4. The molecular formula is C12H16N2O6S. The number of aliphatic hydroxyl groups is 1. The SMILES string of the molecule is Cc1ccc(S(=O)(=O)N2CCOC(CO)C2)cc1[N+](=O)[O-]. The van der Waals surface area contributed by atoms with Crippen LogP contribution in [0.25, 0.3) is 0 Å². The van der Waals surface area contributed by atoms with Gasteiger partial charge in [-0.2, -0.15) is 4.31 Å². The summed E-state index contributed by atoms with van der Waals surface area (Å²) in [4.78, 5) is 10.2. The van der Waals surface area contributed by atoms with Crippen molar-refractivity contribution in [3.63, 3.8) is 0 Å². The number of benzene rings is 1. The largest absolute Gasteiger partial charge is 0.394 e. The van der Waals surface area contributed by atoms with Crippen LogP contribution >= 0.6 is 0 Å². The number of nitro benzene ring substituents is 1. The van der Waals surface area contributed by atoms with Gasteiger partial charge in [-0.05, 0) is 13.0 Å². The van der Waals surface area contributed by atoms with Crippen molar-refractivity contribution in [2.45, 2.75) is 17.9 Å². The second-order valence-corrected chi connectivity index (χ2v) is 6.68. The second kappa shape index (κ2) is 6.06. The highest BCUT2D eigenvalue weighted by Crippen LogP contribution is 2.25. The lowest BCUT2D eigenvalue weighted by Gasteiger charge is -2.31. The maximum Gasteiger partial charge on any atom is 0.273 e. The average molecular weight is 316 g/mol. The molecule has 0 saturated carbocycles. The first-order valence-electron chi connectivity index (χ1n) is 6.34. The minimum absolute atomic E-state index is 0.0283. The molecule has 8 nitrogen and oxygen atoms in total. The Kier molecular flexibility index (Phi) is 4.57. The molecule has 1 aliphatic rings. The second-order valence-electron chi connectivity index (χ2n) is 4.74. The molecule has 1 aromatic rings. The third kappa shape index (κ3) is 3.21. The third-order valence-electron chi connectivity index (χ3n) is 3.32. The van der Waals surface area contributed by atoms with E-state index in [1.54, 1.807) is 6.92 Å². The molecule has 1 aromatic carbocycles. The van der Waals surface area contributed by atoms with Crippen LogP contribution in [-0.4, -0.2) is 55.2 Å². The van der Waals surface area contributed by atoms with E-state index in [2.05, 4.69) is 0 Å². The summed E-state index contributed by atoms with van der Waals surface area (Å²) >= 11 is 0. The minimum Gasteiger partial charge on any atom is -0.394 e. The molecular weight excluding hydrogens is 300 g/mol. The van der Waals surface area contributed by atoms with Crippen LogP contribution < -0.4 is 0 Å². The maximum absolute atomic E-state index is 12.5. The van der Waals surface area contributed by atoms with Crippen LogP contribution in [0.5, 0.6) is 0 Å². The van der Waals surface area contributed by atoms with Gasteiger partial charge in [0.15, 0.2) is 0 Å². The van der Waals surface area contributed by atoms with E-state index in [-0.39, 0.29) is 36.9 Å². The molecule has 1 heterocycles. The fourth-order valence-electron chi connectivity index (χ4n) is 2.12. The van der Waals surface area contributed by atoms with Crippen LogP contribution in [0.2, 0.25) is 0 Å². The summed E-state index contributed by atoms with van der Waals surface area (Å²) in [7, 11) is -3.84. The molecule has 0 aliphatic carbocycles. The first-order valence-corrected chi connectivity index (χ1v) is 7.78. The topological polar surface area (TPSA) is 110 Å². The summed E-state index contributed by atoms with van der Waals surface area (Å²) in [5, 5.41) is 20.0. The highest BCUT2D eigenvalue weighted by atomic mass is 32.2. The lowest BCUT2D eigenvalue weighted by atomic mass is 10.2. The number of ether oxygens (including phenoxy) is 1. The molecule has 1 atom stereocenters. The lowest BCUT2D eigenvalue weighted by molar-refractivity contribution is -0.385. The molecule has 0 amide bonds. The van der Waals surface area contributed by atoms with Gasteiger partial charge in [0.25, 0.3) is 5.69 Å².